The molecular formula is C35H36ClFN9O5S2+. The Balaban J connectivity index is 1.07. The molecule has 3 aliphatic rings. The number of fused-ring (bicyclic) bond motifs is 2. The fraction of sp³-hybridized carbons (Fsp3) is 0.343. The van der Waals surface area contributed by atoms with Gasteiger partial charge in [-0.25, -0.2) is 14.2 Å². The minimum absolute atomic E-state index is 0.0656. The number of aromatic nitrogens is 3. The molecule has 0 radical (unpaired) electrons. The van der Waals surface area contributed by atoms with Gasteiger partial charge < -0.3 is 31.3 Å². The highest BCUT2D eigenvalue weighted by Gasteiger charge is 2.54. The number of hydrogen-bond donors (Lipinski definition) is 4. The summed E-state index contributed by atoms with van der Waals surface area (Å²) in [6.45, 7) is 2.17. The Bertz CT molecular complexity index is 2210. The number of nitrogens with two attached hydrogens (primary N) is 2. The van der Waals surface area contributed by atoms with Crippen molar-refractivity contribution in [1.82, 2.24) is 19.8 Å². The molecule has 3 aliphatic heterocycles. The van der Waals surface area contributed by atoms with Crippen LogP contribution in [0.3, 0.4) is 0 Å². The number of carbonyl (C=O) groups excluding carboxylic acids is 2. The number of piperidine rings is 1. The molecule has 1 unspecified atom stereocenters. The Kier molecular flexibility index (Phi) is 10.5. The van der Waals surface area contributed by atoms with Crippen LogP contribution < -0.4 is 21.4 Å². The fourth-order valence-corrected chi connectivity index (χ4v) is 9.21. The van der Waals surface area contributed by atoms with Crippen molar-refractivity contribution in [2.45, 2.75) is 43.8 Å². The smallest absolute Gasteiger partial charge is 0.352 e. The maximum absolute atomic E-state index is 15.4. The van der Waals surface area contributed by atoms with E-state index in [1.54, 1.807) is 12.1 Å². The Morgan fingerprint density at radius 2 is 2.11 bits per heavy atom. The van der Waals surface area contributed by atoms with Crippen LogP contribution in [0.2, 0.25) is 4.34 Å². The van der Waals surface area contributed by atoms with Gasteiger partial charge in [0.1, 0.15) is 40.0 Å². The third-order valence-corrected chi connectivity index (χ3v) is 11.9. The van der Waals surface area contributed by atoms with Gasteiger partial charge in [0.05, 0.1) is 23.9 Å². The zero-order valence-corrected chi connectivity index (χ0v) is 30.9. The lowest BCUT2D eigenvalue weighted by atomic mass is 9.89. The summed E-state index contributed by atoms with van der Waals surface area (Å²) in [5.41, 5.74) is 14.1. The summed E-state index contributed by atoms with van der Waals surface area (Å²) >= 11 is 8.57. The summed E-state index contributed by atoms with van der Waals surface area (Å²) in [6, 6.07) is 8.82. The van der Waals surface area contributed by atoms with Gasteiger partial charge in [0.15, 0.2) is 35.6 Å². The van der Waals surface area contributed by atoms with Gasteiger partial charge in [0.2, 0.25) is 5.91 Å². The molecule has 4 aromatic rings. The molecule has 1 amide bonds. The van der Waals surface area contributed by atoms with E-state index in [1.165, 1.54) is 29.8 Å². The van der Waals surface area contributed by atoms with Crippen LogP contribution >= 0.6 is 34.7 Å². The Hall–Kier alpha value is -4.84. The number of amidine groups is 1. The average molecular weight is 781 g/mol. The van der Waals surface area contributed by atoms with Crippen molar-refractivity contribution in [3.05, 3.63) is 87.2 Å². The second-order valence-corrected chi connectivity index (χ2v) is 15.7. The second kappa shape index (κ2) is 15.3. The van der Waals surface area contributed by atoms with Crippen LogP contribution in [0.15, 0.2) is 70.3 Å². The van der Waals surface area contributed by atoms with Crippen LogP contribution in [0.5, 0.6) is 0 Å². The molecule has 53 heavy (non-hydrogen) atoms. The van der Waals surface area contributed by atoms with Crippen molar-refractivity contribution in [3.8, 4) is 0 Å². The SMILES string of the molecule is CO/N=C(\C(=O)C[C@@H]1C(=O)N2C(C(=O)O)=C(C[n+]3ccc4ccn(Cc5ccc(C(N)=NC6CCCNC6)cc5F)c4c3)CS[C@H]12)c1nc(N)sc1Cl. The van der Waals surface area contributed by atoms with Gasteiger partial charge in [-0.1, -0.05) is 40.2 Å². The fourth-order valence-electron chi connectivity index (χ4n) is 6.87. The first kappa shape index (κ1) is 36.5. The van der Waals surface area contributed by atoms with E-state index in [4.69, 9.17) is 27.9 Å². The highest BCUT2D eigenvalue weighted by atomic mass is 35.5. The number of thioether (sulfide) groups is 1. The van der Waals surface area contributed by atoms with Crippen molar-refractivity contribution >= 4 is 79.9 Å². The highest BCUT2D eigenvalue weighted by molar-refractivity contribution is 8.00. The van der Waals surface area contributed by atoms with Crippen LogP contribution in [0.25, 0.3) is 10.9 Å². The number of β-lactam (4-membered cyclic amide) rings is 1. The van der Waals surface area contributed by atoms with Crippen LogP contribution in [0, 0.1) is 11.7 Å². The van der Waals surface area contributed by atoms with Crippen LogP contribution in [-0.4, -0.2) is 86.1 Å². The van der Waals surface area contributed by atoms with E-state index in [9.17, 15) is 19.5 Å². The predicted octanol–water partition coefficient (Wildman–Crippen LogP) is 3.15. The number of ketones is 1. The van der Waals surface area contributed by atoms with E-state index >= 15 is 4.39 Å². The lowest BCUT2D eigenvalue weighted by Gasteiger charge is -2.49. The van der Waals surface area contributed by atoms with Gasteiger partial charge >= 0.3 is 5.97 Å². The number of thiazole rings is 1. The third-order valence-electron chi connectivity index (χ3n) is 9.47. The number of carbonyl (C=O) groups is 3. The standard InChI is InChI=1S/C35H35ClFN9O5S2/c1-51-43-27(28-30(36)53-35(39)42-28)26(47)12-23-32(48)46-29(34(49)50)21(17-52-33(23)46)14-44-9-6-18-7-10-45(25(18)16-44)15-20-5-4-19(11-24(20)37)31(38)41-22-3-2-8-40-13-22/h4-7,9-11,16,22-23,33,40H,2-3,8,12-15,17H2,1H3,(H4-,38,39,41,42,49,50)/p+1/b43-27+/t22?,23-,33-/m1/s1. The quantitative estimate of drug-likeness (QED) is 0.0546. The topological polar surface area (TPSA) is 194 Å². The zero-order valence-electron chi connectivity index (χ0n) is 28.5. The van der Waals surface area contributed by atoms with Crippen molar-refractivity contribution in [2.24, 2.45) is 21.8 Å². The number of carboxylic acid groups (broad SMARTS) is 1. The number of aliphatic carboxylic acids is 1. The molecule has 6 heterocycles. The Labute approximate surface area is 316 Å². The largest absolute Gasteiger partial charge is 0.477 e. The number of benzene rings is 1. The maximum atomic E-state index is 15.4. The van der Waals surface area contributed by atoms with Crippen molar-refractivity contribution in [1.29, 1.82) is 0 Å². The van der Waals surface area contributed by atoms with E-state index in [1.807, 2.05) is 39.9 Å². The summed E-state index contributed by atoms with van der Waals surface area (Å²) in [6.07, 6.45) is 7.31. The number of nitrogens with one attached hydrogen (secondary N) is 1. The van der Waals surface area contributed by atoms with Gasteiger partial charge in [0, 0.05) is 53.1 Å². The highest BCUT2D eigenvalue weighted by Crippen LogP contribution is 2.45. The molecule has 0 aliphatic carbocycles. The molecule has 3 aromatic heterocycles. The number of pyridine rings is 1. The molecule has 2 saturated heterocycles. The number of amides is 1. The van der Waals surface area contributed by atoms with E-state index in [0.29, 0.717) is 28.3 Å². The molecule has 276 valence electrons. The normalized spacial score (nSPS) is 20.8. The van der Waals surface area contributed by atoms with E-state index < -0.39 is 34.8 Å². The Morgan fingerprint density at radius 1 is 1.28 bits per heavy atom. The first-order chi connectivity index (χ1) is 25.5. The summed E-state index contributed by atoms with van der Waals surface area (Å²) in [4.78, 5) is 54.1. The molecule has 7 rings (SSSR count). The molecule has 14 nitrogen and oxygen atoms in total. The number of hydrogen-bond acceptors (Lipinski definition) is 11. The predicted molar refractivity (Wildman–Crippen MR) is 200 cm³/mol. The zero-order chi connectivity index (χ0) is 37.4. The van der Waals surface area contributed by atoms with E-state index in [2.05, 4.69) is 20.4 Å². The first-order valence-electron chi connectivity index (χ1n) is 16.8. The minimum atomic E-state index is -1.24. The monoisotopic (exact) mass is 780 g/mol. The third kappa shape index (κ3) is 7.38. The number of aliphatic imine (C=N–C) groups is 1. The number of carboxylic acids is 1. The molecule has 0 spiro atoms. The van der Waals surface area contributed by atoms with Crippen molar-refractivity contribution in [3.63, 3.8) is 0 Å². The number of rotatable bonds is 12. The molecule has 0 saturated carbocycles. The lowest BCUT2D eigenvalue weighted by molar-refractivity contribution is -0.687. The van der Waals surface area contributed by atoms with Gasteiger partial charge in [-0.15, -0.1) is 11.8 Å². The molecular weight excluding hydrogens is 745 g/mol. The molecule has 6 N–H and O–H groups in total. The van der Waals surface area contributed by atoms with Crippen LogP contribution in [-0.2, 0) is 32.3 Å². The first-order valence-corrected chi connectivity index (χ1v) is 19.0. The maximum Gasteiger partial charge on any atom is 0.352 e. The van der Waals surface area contributed by atoms with E-state index in [-0.39, 0.29) is 52.1 Å². The van der Waals surface area contributed by atoms with Gasteiger partial charge in [-0.05, 0) is 31.5 Å². The second-order valence-electron chi connectivity index (χ2n) is 12.9. The molecule has 3 atom stereocenters. The van der Waals surface area contributed by atoms with Gasteiger partial charge in [0.25, 0.3) is 0 Å². The Morgan fingerprint density at radius 3 is 2.81 bits per heavy atom. The molecule has 0 bridgehead atoms. The van der Waals surface area contributed by atoms with E-state index in [0.717, 1.165) is 48.2 Å². The van der Waals surface area contributed by atoms with Gasteiger partial charge in [-0.3, -0.25) is 19.5 Å². The molecule has 18 heteroatoms. The number of Topliss-reactive ketones (excluding diaryl/α,β-unsaturated/α-hetero) is 1. The van der Waals surface area contributed by atoms with Crippen LogP contribution in [0.1, 0.15) is 36.1 Å². The molecule has 2 fully saturated rings. The number of oxime groups is 1. The van der Waals surface area contributed by atoms with Crippen molar-refractivity contribution < 1.29 is 33.3 Å². The minimum Gasteiger partial charge on any atom is -0.477 e. The summed E-state index contributed by atoms with van der Waals surface area (Å²) in [5.74, 6) is -2.78. The number of anilines is 1. The van der Waals surface area contributed by atoms with Crippen molar-refractivity contribution in [2.75, 3.05) is 31.7 Å². The summed E-state index contributed by atoms with van der Waals surface area (Å²) < 4.78 is 19.3. The number of nitrogen functional groups attached to an aromatic ring is 1. The average Bonchev–Trinajstić information content (AvgIpc) is 3.70. The lowest BCUT2D eigenvalue weighted by Crippen LogP contribution is -2.62. The van der Waals surface area contributed by atoms with Gasteiger partial charge in [-0.2, -0.15) is 4.57 Å². The molecule has 1 aromatic carbocycles. The summed E-state index contributed by atoms with van der Waals surface area (Å²) in [7, 11) is 1.27. The summed E-state index contributed by atoms with van der Waals surface area (Å²) in [5, 5.41) is 17.9. The van der Waals surface area contributed by atoms with Crippen LogP contribution in [0.4, 0.5) is 9.52 Å². The number of halogens is 2. The number of nitrogens with zero attached hydrogens (tertiary/aromatic N) is 6.